The minimum atomic E-state index is -3.56. The highest BCUT2D eigenvalue weighted by Gasteiger charge is 2.34. The van der Waals surface area contributed by atoms with E-state index in [0.717, 1.165) is 11.6 Å². The zero-order valence-electron chi connectivity index (χ0n) is 16.4. The predicted molar refractivity (Wildman–Crippen MR) is 104 cm³/mol. The predicted octanol–water partition coefficient (Wildman–Crippen LogP) is 1.10. The molecule has 0 bridgehead atoms. The fourth-order valence-electron chi connectivity index (χ4n) is 3.69. The first kappa shape index (κ1) is 18.8. The van der Waals surface area contributed by atoms with Crippen LogP contribution in [0.5, 0.6) is 0 Å². The average Bonchev–Trinajstić information content (AvgIpc) is 3.24. The Bertz CT molecular complexity index is 1090. The van der Waals surface area contributed by atoms with Crippen LogP contribution in [0.3, 0.4) is 0 Å². The molecule has 4 heterocycles. The number of rotatable bonds is 4. The van der Waals surface area contributed by atoms with Crippen LogP contribution in [0.1, 0.15) is 36.0 Å². The molecule has 0 spiro atoms. The molecule has 1 aliphatic heterocycles. The smallest absolute Gasteiger partial charge is 0.246 e. The van der Waals surface area contributed by atoms with Gasteiger partial charge in [0, 0.05) is 33.1 Å². The lowest BCUT2D eigenvalue weighted by molar-refractivity contribution is 0.311. The van der Waals surface area contributed by atoms with E-state index in [2.05, 4.69) is 25.5 Å². The minimum Gasteiger partial charge on any atom is -0.361 e. The summed E-state index contributed by atoms with van der Waals surface area (Å²) in [6.45, 7) is 4.30. The molecular weight excluding hydrogens is 380 g/mol. The lowest BCUT2D eigenvalue weighted by Crippen LogP contribution is -2.38. The first-order valence-electron chi connectivity index (χ1n) is 9.20. The quantitative estimate of drug-likeness (QED) is 0.693. The molecule has 11 heteroatoms. The minimum absolute atomic E-state index is 0.109. The van der Waals surface area contributed by atoms with E-state index < -0.39 is 10.0 Å². The average molecular weight is 405 g/mol. The maximum atomic E-state index is 13.0. The van der Waals surface area contributed by atoms with Gasteiger partial charge in [0.05, 0.1) is 11.4 Å². The Hall–Kier alpha value is -2.53. The Morgan fingerprint density at radius 2 is 1.86 bits per heavy atom. The lowest BCUT2D eigenvalue weighted by atomic mass is 9.97. The third-order valence-electron chi connectivity index (χ3n) is 5.21. The van der Waals surface area contributed by atoms with Crippen LogP contribution < -0.4 is 4.90 Å². The van der Waals surface area contributed by atoms with Gasteiger partial charge in [-0.05, 0) is 38.8 Å². The number of nitrogens with one attached hydrogen (secondary N) is 1. The first-order chi connectivity index (χ1) is 13.3. The Morgan fingerprint density at radius 1 is 1.14 bits per heavy atom. The van der Waals surface area contributed by atoms with E-state index in [0.29, 0.717) is 43.0 Å². The molecule has 1 N–H and O–H groups in total. The van der Waals surface area contributed by atoms with Crippen LogP contribution in [0.2, 0.25) is 0 Å². The van der Waals surface area contributed by atoms with Gasteiger partial charge in [0.15, 0.2) is 11.5 Å². The Balaban J connectivity index is 1.56. The van der Waals surface area contributed by atoms with E-state index in [1.54, 1.807) is 18.4 Å². The monoisotopic (exact) mass is 404 g/mol. The lowest BCUT2D eigenvalue weighted by Gasteiger charge is -2.30. The number of aryl methyl sites for hydroxylation is 2. The molecular formula is C17H24N8O2S. The third-order valence-corrected chi connectivity index (χ3v) is 7.37. The van der Waals surface area contributed by atoms with Crippen molar-refractivity contribution in [2.75, 3.05) is 32.1 Å². The van der Waals surface area contributed by atoms with Crippen molar-refractivity contribution < 1.29 is 8.42 Å². The maximum absolute atomic E-state index is 13.0. The van der Waals surface area contributed by atoms with Crippen molar-refractivity contribution in [1.29, 1.82) is 0 Å². The van der Waals surface area contributed by atoms with E-state index in [1.165, 1.54) is 4.31 Å². The Labute approximate surface area is 163 Å². The van der Waals surface area contributed by atoms with Crippen LogP contribution in [-0.2, 0) is 10.0 Å². The fourth-order valence-corrected chi connectivity index (χ4v) is 5.49. The number of piperidine rings is 1. The number of aromatic amines is 1. The molecule has 3 aromatic rings. The van der Waals surface area contributed by atoms with Crippen molar-refractivity contribution in [3.05, 3.63) is 29.3 Å². The summed E-state index contributed by atoms with van der Waals surface area (Å²) in [7, 11) is 0.306. The van der Waals surface area contributed by atoms with E-state index in [4.69, 9.17) is 0 Å². The van der Waals surface area contributed by atoms with Crippen LogP contribution in [0.15, 0.2) is 17.0 Å². The molecule has 1 fully saturated rings. The van der Waals surface area contributed by atoms with Gasteiger partial charge in [0.25, 0.3) is 0 Å². The van der Waals surface area contributed by atoms with Crippen LogP contribution in [0, 0.1) is 13.8 Å². The first-order valence-corrected chi connectivity index (χ1v) is 10.6. The summed E-state index contributed by atoms with van der Waals surface area (Å²) in [5.74, 6) is 1.71. The van der Waals surface area contributed by atoms with Gasteiger partial charge in [-0.1, -0.05) is 0 Å². The van der Waals surface area contributed by atoms with Crippen molar-refractivity contribution in [1.82, 2.24) is 34.3 Å². The summed E-state index contributed by atoms with van der Waals surface area (Å²) in [4.78, 5) is 2.21. The van der Waals surface area contributed by atoms with Crippen molar-refractivity contribution in [2.24, 2.45) is 0 Å². The molecule has 28 heavy (non-hydrogen) atoms. The molecule has 4 rings (SSSR count). The summed E-state index contributed by atoms with van der Waals surface area (Å²) in [6, 6.07) is 3.79. The second-order valence-corrected chi connectivity index (χ2v) is 9.23. The van der Waals surface area contributed by atoms with Crippen LogP contribution in [-0.4, -0.2) is 69.9 Å². The zero-order valence-corrected chi connectivity index (χ0v) is 17.2. The SMILES string of the molecule is Cc1n[nH]c(C)c1S(=O)(=O)N1CCC(c2nnc3ccc(N(C)C)nn23)CC1. The number of nitrogens with zero attached hydrogens (tertiary/aromatic N) is 7. The number of sulfonamides is 1. The Kier molecular flexibility index (Phi) is 4.58. The van der Waals surface area contributed by atoms with Gasteiger partial charge in [-0.25, -0.2) is 8.42 Å². The van der Waals surface area contributed by atoms with E-state index in [9.17, 15) is 8.42 Å². The van der Waals surface area contributed by atoms with E-state index >= 15 is 0 Å². The number of H-pyrrole nitrogens is 1. The van der Waals surface area contributed by atoms with Crippen molar-refractivity contribution in [3.63, 3.8) is 0 Å². The highest BCUT2D eigenvalue weighted by molar-refractivity contribution is 7.89. The van der Waals surface area contributed by atoms with Gasteiger partial charge in [0.2, 0.25) is 10.0 Å². The second kappa shape index (κ2) is 6.82. The third kappa shape index (κ3) is 3.04. The molecule has 0 atom stereocenters. The van der Waals surface area contributed by atoms with Crippen molar-refractivity contribution >= 4 is 21.5 Å². The van der Waals surface area contributed by atoms with Crippen LogP contribution >= 0.6 is 0 Å². The fraction of sp³-hybridized carbons (Fsp3) is 0.529. The number of aromatic nitrogens is 6. The molecule has 0 amide bonds. The number of fused-ring (bicyclic) bond motifs is 1. The standard InChI is InChI=1S/C17H24N8O2S/c1-11-16(12(2)19-18-11)28(26,27)24-9-7-13(8-10-24)17-21-20-14-5-6-15(23(3)4)22-25(14)17/h5-6,13H,7-10H2,1-4H3,(H,18,19). The summed E-state index contributed by atoms with van der Waals surface area (Å²) < 4.78 is 29.4. The molecule has 150 valence electrons. The van der Waals surface area contributed by atoms with Gasteiger partial charge >= 0.3 is 0 Å². The molecule has 0 unspecified atom stereocenters. The number of hydrogen-bond donors (Lipinski definition) is 1. The van der Waals surface area contributed by atoms with E-state index in [1.807, 2.05) is 31.1 Å². The molecule has 0 aromatic carbocycles. The Morgan fingerprint density at radius 3 is 2.46 bits per heavy atom. The van der Waals surface area contributed by atoms with Crippen LogP contribution in [0.4, 0.5) is 5.82 Å². The van der Waals surface area contributed by atoms with E-state index in [-0.39, 0.29) is 10.8 Å². The molecule has 10 nitrogen and oxygen atoms in total. The van der Waals surface area contributed by atoms with Gasteiger partial charge in [-0.3, -0.25) is 5.10 Å². The number of hydrogen-bond acceptors (Lipinski definition) is 7. The largest absolute Gasteiger partial charge is 0.361 e. The maximum Gasteiger partial charge on any atom is 0.246 e. The van der Waals surface area contributed by atoms with Crippen LogP contribution in [0.25, 0.3) is 5.65 Å². The summed E-state index contributed by atoms with van der Waals surface area (Å²) in [6.07, 6.45) is 1.34. The molecule has 0 aliphatic carbocycles. The second-order valence-electron chi connectivity index (χ2n) is 7.36. The molecule has 1 aliphatic rings. The molecule has 1 saturated heterocycles. The summed E-state index contributed by atoms with van der Waals surface area (Å²) in [5.41, 5.74) is 1.77. The highest BCUT2D eigenvalue weighted by Crippen LogP contribution is 2.31. The van der Waals surface area contributed by atoms with Gasteiger partial charge < -0.3 is 4.90 Å². The van der Waals surface area contributed by atoms with Gasteiger partial charge in [0.1, 0.15) is 10.7 Å². The molecule has 3 aromatic heterocycles. The van der Waals surface area contributed by atoms with Crippen molar-refractivity contribution in [2.45, 2.75) is 37.5 Å². The van der Waals surface area contributed by atoms with Crippen molar-refractivity contribution in [3.8, 4) is 0 Å². The van der Waals surface area contributed by atoms with Gasteiger partial charge in [-0.15, -0.1) is 15.3 Å². The summed E-state index contributed by atoms with van der Waals surface area (Å²) >= 11 is 0. The highest BCUT2D eigenvalue weighted by atomic mass is 32.2. The zero-order chi connectivity index (χ0) is 20.1. The molecule has 0 saturated carbocycles. The molecule has 0 radical (unpaired) electrons. The topological polar surface area (TPSA) is 112 Å². The van der Waals surface area contributed by atoms with Gasteiger partial charge in [-0.2, -0.15) is 13.9 Å². The summed E-state index contributed by atoms with van der Waals surface area (Å²) in [5, 5.41) is 19.9. The normalized spacial score (nSPS) is 16.7. The number of anilines is 1.